The third kappa shape index (κ3) is 4.15. The molecule has 0 radical (unpaired) electrons. The van der Waals surface area contributed by atoms with E-state index in [0.717, 1.165) is 25.7 Å². The van der Waals surface area contributed by atoms with Crippen LogP contribution in [-0.2, 0) is 4.79 Å². The summed E-state index contributed by atoms with van der Waals surface area (Å²) in [5.41, 5.74) is 0.551. The van der Waals surface area contributed by atoms with E-state index in [-0.39, 0.29) is 35.2 Å². The lowest BCUT2D eigenvalue weighted by Crippen LogP contribution is -2.50. The van der Waals surface area contributed by atoms with E-state index in [1.54, 1.807) is 28.0 Å². The van der Waals surface area contributed by atoms with Crippen LogP contribution in [0.5, 0.6) is 0 Å². The molecule has 3 rings (SSSR count). The first-order chi connectivity index (χ1) is 12.0. The highest BCUT2D eigenvalue weighted by atomic mass is 16.2. The highest BCUT2D eigenvalue weighted by molar-refractivity contribution is 5.96. The molecule has 0 unspecified atom stereocenters. The SMILES string of the molecule is CC(=O)N1CCN(C(=O)c2cccc(C(=O)NC3CCCC3)n2)CC1. The van der Waals surface area contributed by atoms with E-state index in [4.69, 9.17) is 0 Å². The molecule has 0 atom stereocenters. The van der Waals surface area contributed by atoms with Gasteiger partial charge in [-0.25, -0.2) is 4.98 Å². The molecule has 2 fully saturated rings. The molecule has 1 aromatic rings. The number of hydrogen-bond acceptors (Lipinski definition) is 4. The van der Waals surface area contributed by atoms with Crippen molar-refractivity contribution in [2.24, 2.45) is 0 Å². The van der Waals surface area contributed by atoms with Gasteiger partial charge in [0.1, 0.15) is 11.4 Å². The van der Waals surface area contributed by atoms with Crippen molar-refractivity contribution in [3.8, 4) is 0 Å². The Labute approximate surface area is 147 Å². The average Bonchev–Trinajstić information content (AvgIpc) is 3.14. The smallest absolute Gasteiger partial charge is 0.272 e. The highest BCUT2D eigenvalue weighted by Crippen LogP contribution is 2.18. The molecule has 134 valence electrons. The number of rotatable bonds is 3. The number of carbonyl (C=O) groups is 3. The molecule has 7 heteroatoms. The molecule has 0 spiro atoms. The molecule has 25 heavy (non-hydrogen) atoms. The summed E-state index contributed by atoms with van der Waals surface area (Å²) in [6.45, 7) is 3.56. The molecular formula is C18H24N4O3. The Hall–Kier alpha value is -2.44. The number of piperazine rings is 1. The first kappa shape index (κ1) is 17.4. The zero-order chi connectivity index (χ0) is 17.8. The lowest BCUT2D eigenvalue weighted by molar-refractivity contribution is -0.130. The number of carbonyl (C=O) groups excluding carboxylic acids is 3. The zero-order valence-corrected chi connectivity index (χ0v) is 14.5. The molecule has 2 heterocycles. The lowest BCUT2D eigenvalue weighted by atomic mass is 10.2. The number of pyridine rings is 1. The molecule has 1 aliphatic heterocycles. The molecule has 1 aromatic heterocycles. The van der Waals surface area contributed by atoms with Gasteiger partial charge in [0.25, 0.3) is 11.8 Å². The van der Waals surface area contributed by atoms with Gasteiger partial charge in [-0.1, -0.05) is 18.9 Å². The largest absolute Gasteiger partial charge is 0.348 e. The van der Waals surface area contributed by atoms with E-state index in [0.29, 0.717) is 26.2 Å². The van der Waals surface area contributed by atoms with E-state index >= 15 is 0 Å². The Morgan fingerprint density at radius 1 is 1.00 bits per heavy atom. The van der Waals surface area contributed by atoms with Gasteiger partial charge in [0.2, 0.25) is 5.91 Å². The first-order valence-electron chi connectivity index (χ1n) is 8.87. The van der Waals surface area contributed by atoms with Crippen LogP contribution in [0.1, 0.15) is 53.6 Å². The van der Waals surface area contributed by atoms with Crippen LogP contribution in [-0.4, -0.2) is 64.7 Å². The van der Waals surface area contributed by atoms with E-state index in [2.05, 4.69) is 10.3 Å². The summed E-state index contributed by atoms with van der Waals surface area (Å²) in [5, 5.41) is 2.99. The fraction of sp³-hybridized carbons (Fsp3) is 0.556. The fourth-order valence-corrected chi connectivity index (χ4v) is 3.40. The highest BCUT2D eigenvalue weighted by Gasteiger charge is 2.25. The number of hydrogen-bond donors (Lipinski definition) is 1. The van der Waals surface area contributed by atoms with Crippen LogP contribution in [0.25, 0.3) is 0 Å². The minimum absolute atomic E-state index is 0.0239. The van der Waals surface area contributed by atoms with Crippen LogP contribution in [0.15, 0.2) is 18.2 Å². The van der Waals surface area contributed by atoms with Crippen LogP contribution in [0, 0.1) is 0 Å². The van der Waals surface area contributed by atoms with Gasteiger partial charge in [-0.15, -0.1) is 0 Å². The Morgan fingerprint density at radius 3 is 2.24 bits per heavy atom. The van der Waals surface area contributed by atoms with Crippen LogP contribution >= 0.6 is 0 Å². The van der Waals surface area contributed by atoms with Gasteiger partial charge in [0.15, 0.2) is 0 Å². The summed E-state index contributed by atoms with van der Waals surface area (Å²) < 4.78 is 0. The van der Waals surface area contributed by atoms with Gasteiger partial charge in [-0.05, 0) is 25.0 Å². The zero-order valence-electron chi connectivity index (χ0n) is 14.5. The maximum absolute atomic E-state index is 12.6. The van der Waals surface area contributed by atoms with Crippen molar-refractivity contribution in [1.82, 2.24) is 20.1 Å². The summed E-state index contributed by atoms with van der Waals surface area (Å²) in [5.74, 6) is -0.391. The molecule has 1 saturated carbocycles. The summed E-state index contributed by atoms with van der Waals surface area (Å²) in [7, 11) is 0. The van der Waals surface area contributed by atoms with Crippen molar-refractivity contribution in [2.45, 2.75) is 38.6 Å². The third-order valence-electron chi connectivity index (χ3n) is 4.90. The second-order valence-electron chi connectivity index (χ2n) is 6.66. The first-order valence-corrected chi connectivity index (χ1v) is 8.87. The van der Waals surface area contributed by atoms with Crippen LogP contribution in [0.2, 0.25) is 0 Å². The second kappa shape index (κ2) is 7.63. The van der Waals surface area contributed by atoms with E-state index < -0.39 is 0 Å². The quantitative estimate of drug-likeness (QED) is 0.889. The van der Waals surface area contributed by atoms with Crippen molar-refractivity contribution in [3.63, 3.8) is 0 Å². The van der Waals surface area contributed by atoms with Crippen molar-refractivity contribution in [1.29, 1.82) is 0 Å². The maximum Gasteiger partial charge on any atom is 0.272 e. The molecule has 1 aliphatic carbocycles. The molecule has 0 aromatic carbocycles. The summed E-state index contributed by atoms with van der Waals surface area (Å²) in [6, 6.07) is 5.17. The fourth-order valence-electron chi connectivity index (χ4n) is 3.40. The normalized spacial score (nSPS) is 18.3. The molecule has 1 saturated heterocycles. The minimum atomic E-state index is -0.219. The monoisotopic (exact) mass is 344 g/mol. The predicted molar refractivity (Wildman–Crippen MR) is 92.1 cm³/mol. The van der Waals surface area contributed by atoms with Gasteiger partial charge < -0.3 is 15.1 Å². The van der Waals surface area contributed by atoms with Crippen molar-refractivity contribution in [2.75, 3.05) is 26.2 Å². The number of amides is 3. The van der Waals surface area contributed by atoms with Crippen molar-refractivity contribution < 1.29 is 14.4 Å². The minimum Gasteiger partial charge on any atom is -0.348 e. The molecule has 7 nitrogen and oxygen atoms in total. The molecule has 0 bridgehead atoms. The van der Waals surface area contributed by atoms with E-state index in [9.17, 15) is 14.4 Å². The summed E-state index contributed by atoms with van der Waals surface area (Å²) >= 11 is 0. The number of aromatic nitrogens is 1. The van der Waals surface area contributed by atoms with Crippen molar-refractivity contribution in [3.05, 3.63) is 29.6 Å². The van der Waals surface area contributed by atoms with Crippen LogP contribution in [0.3, 0.4) is 0 Å². The third-order valence-corrected chi connectivity index (χ3v) is 4.90. The molecule has 2 aliphatic rings. The van der Waals surface area contributed by atoms with Gasteiger partial charge in [-0.2, -0.15) is 0 Å². The standard InChI is InChI=1S/C18H24N4O3/c1-13(23)21-9-11-22(12-10-21)18(25)16-8-4-7-15(20-16)17(24)19-14-5-2-3-6-14/h4,7-8,14H,2-3,5-6,9-12H2,1H3,(H,19,24). The Bertz CT molecular complexity index is 662. The number of nitrogens with one attached hydrogen (secondary N) is 1. The topological polar surface area (TPSA) is 82.6 Å². The lowest BCUT2D eigenvalue weighted by Gasteiger charge is -2.34. The Kier molecular flexibility index (Phi) is 5.31. The van der Waals surface area contributed by atoms with Gasteiger partial charge in [0, 0.05) is 39.1 Å². The van der Waals surface area contributed by atoms with Gasteiger partial charge in [0.05, 0.1) is 0 Å². The summed E-state index contributed by atoms with van der Waals surface area (Å²) in [6.07, 6.45) is 4.29. The average molecular weight is 344 g/mol. The Morgan fingerprint density at radius 2 is 1.60 bits per heavy atom. The van der Waals surface area contributed by atoms with Crippen LogP contribution in [0.4, 0.5) is 0 Å². The molecule has 3 amide bonds. The van der Waals surface area contributed by atoms with Gasteiger partial charge >= 0.3 is 0 Å². The van der Waals surface area contributed by atoms with E-state index in [1.807, 2.05) is 0 Å². The predicted octanol–water partition coefficient (Wildman–Crippen LogP) is 1.06. The maximum atomic E-state index is 12.6. The molecular weight excluding hydrogens is 320 g/mol. The van der Waals surface area contributed by atoms with E-state index in [1.165, 1.54) is 6.92 Å². The summed E-state index contributed by atoms with van der Waals surface area (Å²) in [4.78, 5) is 44.0. The molecule has 1 N–H and O–H groups in total. The Balaban J connectivity index is 1.63. The van der Waals surface area contributed by atoms with Crippen molar-refractivity contribution >= 4 is 17.7 Å². The van der Waals surface area contributed by atoms with Crippen LogP contribution < -0.4 is 5.32 Å². The number of nitrogens with zero attached hydrogens (tertiary/aromatic N) is 3. The second-order valence-corrected chi connectivity index (χ2v) is 6.66. The van der Waals surface area contributed by atoms with Gasteiger partial charge in [-0.3, -0.25) is 14.4 Å².